The maximum Gasteiger partial charge on any atom is 0.333 e. The molecule has 0 radical (unpaired) electrons. The Morgan fingerprint density at radius 2 is 2.15 bits per heavy atom. The third-order valence-electron chi connectivity index (χ3n) is 2.94. The van der Waals surface area contributed by atoms with E-state index in [0.717, 1.165) is 19.5 Å². The van der Waals surface area contributed by atoms with Crippen LogP contribution in [0.3, 0.4) is 0 Å². The highest BCUT2D eigenvalue weighted by Gasteiger charge is 2.48. The van der Waals surface area contributed by atoms with Crippen LogP contribution in [0.5, 0.6) is 0 Å². The minimum absolute atomic E-state index is 0.176. The Hall–Kier alpha value is -0.170. The van der Waals surface area contributed by atoms with E-state index in [-0.39, 0.29) is 6.10 Å². The van der Waals surface area contributed by atoms with E-state index in [2.05, 4.69) is 4.90 Å². The third kappa shape index (κ3) is 1.85. The zero-order chi connectivity index (χ0) is 9.64. The lowest BCUT2D eigenvalue weighted by Crippen LogP contribution is -2.44. The molecule has 0 aromatic carbocycles. The van der Waals surface area contributed by atoms with Crippen LogP contribution in [0.1, 0.15) is 6.42 Å². The van der Waals surface area contributed by atoms with Gasteiger partial charge >= 0.3 is 10.3 Å². The van der Waals surface area contributed by atoms with Crippen molar-refractivity contribution in [2.24, 2.45) is 17.0 Å². The summed E-state index contributed by atoms with van der Waals surface area (Å²) in [5.41, 5.74) is 0. The second-order valence-electron chi connectivity index (χ2n) is 4.01. The molecule has 6 heteroatoms. The van der Waals surface area contributed by atoms with Crippen LogP contribution in [-0.4, -0.2) is 39.6 Å². The topological polar surface area (TPSA) is 72.6 Å². The monoisotopic (exact) mass is 206 g/mol. The van der Waals surface area contributed by atoms with Crippen LogP contribution < -0.4 is 5.14 Å². The molecule has 1 saturated heterocycles. The summed E-state index contributed by atoms with van der Waals surface area (Å²) in [7, 11) is -1.72. The highest BCUT2D eigenvalue weighted by atomic mass is 32.2. The van der Waals surface area contributed by atoms with Gasteiger partial charge in [0.15, 0.2) is 0 Å². The van der Waals surface area contributed by atoms with E-state index in [4.69, 9.17) is 9.32 Å². The van der Waals surface area contributed by atoms with Crippen LogP contribution in [0.25, 0.3) is 0 Å². The van der Waals surface area contributed by atoms with Crippen LogP contribution >= 0.6 is 0 Å². The number of nitrogens with two attached hydrogens (primary N) is 1. The molecule has 0 amide bonds. The Morgan fingerprint density at radius 1 is 1.46 bits per heavy atom. The molecule has 1 saturated carbocycles. The summed E-state index contributed by atoms with van der Waals surface area (Å²) in [4.78, 5) is 2.20. The van der Waals surface area contributed by atoms with Crippen molar-refractivity contribution in [1.82, 2.24) is 4.90 Å². The number of rotatable bonds is 2. The fraction of sp³-hybridized carbons (Fsp3) is 1.00. The van der Waals surface area contributed by atoms with Crippen LogP contribution in [0.2, 0.25) is 0 Å². The largest absolute Gasteiger partial charge is 0.333 e. The van der Waals surface area contributed by atoms with Crippen molar-refractivity contribution in [2.75, 3.05) is 20.1 Å². The normalized spacial score (nSPS) is 40.0. The molecule has 2 rings (SSSR count). The van der Waals surface area contributed by atoms with Gasteiger partial charge in [0, 0.05) is 19.0 Å². The van der Waals surface area contributed by atoms with Gasteiger partial charge < -0.3 is 4.90 Å². The first kappa shape index (κ1) is 9.39. The van der Waals surface area contributed by atoms with Gasteiger partial charge in [-0.1, -0.05) is 0 Å². The summed E-state index contributed by atoms with van der Waals surface area (Å²) in [5.74, 6) is 0.972. The van der Waals surface area contributed by atoms with Crippen molar-refractivity contribution in [2.45, 2.75) is 12.5 Å². The first-order chi connectivity index (χ1) is 5.96. The number of nitrogens with zero attached hydrogens (tertiary/aromatic N) is 1. The highest BCUT2D eigenvalue weighted by molar-refractivity contribution is 7.84. The van der Waals surface area contributed by atoms with Gasteiger partial charge in [-0.25, -0.2) is 5.14 Å². The van der Waals surface area contributed by atoms with E-state index in [9.17, 15) is 8.42 Å². The Labute approximate surface area is 78.1 Å². The summed E-state index contributed by atoms with van der Waals surface area (Å²) in [6, 6.07) is 0. The Kier molecular flexibility index (Phi) is 2.10. The molecule has 0 aromatic heterocycles. The molecule has 13 heavy (non-hydrogen) atoms. The lowest BCUT2D eigenvalue weighted by Gasteiger charge is -2.37. The molecule has 2 N–H and O–H groups in total. The van der Waals surface area contributed by atoms with E-state index >= 15 is 0 Å². The summed E-state index contributed by atoms with van der Waals surface area (Å²) >= 11 is 0. The van der Waals surface area contributed by atoms with Gasteiger partial charge in [-0.05, 0) is 19.4 Å². The Morgan fingerprint density at radius 3 is 2.69 bits per heavy atom. The molecule has 0 aromatic rings. The maximum atomic E-state index is 10.6. The van der Waals surface area contributed by atoms with Crippen molar-refractivity contribution in [3.8, 4) is 0 Å². The standard InChI is InChI=1S/C7H14N2O3S/c1-9-3-5-2-7(6(5)4-9)12-13(8,10)11/h5-7H,2-4H2,1H3,(H2,8,10,11)/t5-,6+,7?/m1/s1. The van der Waals surface area contributed by atoms with Crippen LogP contribution in [0, 0.1) is 11.8 Å². The van der Waals surface area contributed by atoms with Crippen molar-refractivity contribution < 1.29 is 12.6 Å². The zero-order valence-corrected chi connectivity index (χ0v) is 8.33. The van der Waals surface area contributed by atoms with Gasteiger partial charge in [0.1, 0.15) is 0 Å². The SMILES string of the molecule is CN1C[C@H]2CC(OS(N)(=O)=O)[C@H]2C1. The number of likely N-dealkylation sites (tertiary alicyclic amines) is 1. The zero-order valence-electron chi connectivity index (χ0n) is 7.51. The molecule has 2 fully saturated rings. The molecule has 76 valence electrons. The van der Waals surface area contributed by atoms with Crippen molar-refractivity contribution in [1.29, 1.82) is 0 Å². The van der Waals surface area contributed by atoms with E-state index in [1.54, 1.807) is 0 Å². The molecular weight excluding hydrogens is 192 g/mol. The van der Waals surface area contributed by atoms with Gasteiger partial charge in [0.25, 0.3) is 0 Å². The quantitative estimate of drug-likeness (QED) is 0.639. The summed E-state index contributed by atoms with van der Waals surface area (Å²) in [6.45, 7) is 1.97. The molecule has 1 aliphatic carbocycles. The van der Waals surface area contributed by atoms with Gasteiger partial charge in [0.2, 0.25) is 0 Å². The van der Waals surface area contributed by atoms with Gasteiger partial charge in [-0.2, -0.15) is 8.42 Å². The fourth-order valence-corrected chi connectivity index (χ4v) is 2.92. The van der Waals surface area contributed by atoms with Crippen LogP contribution in [-0.2, 0) is 14.5 Å². The lowest BCUT2D eigenvalue weighted by atomic mass is 9.74. The van der Waals surface area contributed by atoms with Crippen molar-refractivity contribution in [3.63, 3.8) is 0 Å². The molecule has 1 aliphatic heterocycles. The Bertz CT molecular complexity index is 303. The molecule has 3 atom stereocenters. The van der Waals surface area contributed by atoms with E-state index in [1.807, 2.05) is 7.05 Å². The molecule has 0 bridgehead atoms. The summed E-state index contributed by atoms with van der Waals surface area (Å²) in [5, 5.41) is 4.80. The second kappa shape index (κ2) is 2.91. The van der Waals surface area contributed by atoms with Crippen LogP contribution in [0.4, 0.5) is 0 Å². The second-order valence-corrected chi connectivity index (χ2v) is 5.19. The third-order valence-corrected chi connectivity index (χ3v) is 3.46. The molecule has 1 unspecified atom stereocenters. The summed E-state index contributed by atoms with van der Waals surface area (Å²) < 4.78 is 26.1. The van der Waals surface area contributed by atoms with Crippen molar-refractivity contribution in [3.05, 3.63) is 0 Å². The minimum atomic E-state index is -3.76. The number of hydrogen-bond acceptors (Lipinski definition) is 4. The van der Waals surface area contributed by atoms with Gasteiger partial charge in [0.05, 0.1) is 6.10 Å². The van der Waals surface area contributed by atoms with Gasteiger partial charge in [-0.3, -0.25) is 4.18 Å². The van der Waals surface area contributed by atoms with E-state index in [0.29, 0.717) is 11.8 Å². The molecular formula is C7H14N2O3S. The van der Waals surface area contributed by atoms with Crippen LogP contribution in [0.15, 0.2) is 0 Å². The summed E-state index contributed by atoms with van der Waals surface area (Å²) in [6.07, 6.45) is 0.649. The number of hydrogen-bond donors (Lipinski definition) is 1. The predicted octanol–water partition coefficient (Wildman–Crippen LogP) is -0.843. The first-order valence-corrected chi connectivity index (χ1v) is 5.82. The molecule has 0 spiro atoms. The van der Waals surface area contributed by atoms with E-state index < -0.39 is 10.3 Å². The molecule has 5 nitrogen and oxygen atoms in total. The molecule has 2 aliphatic rings. The van der Waals surface area contributed by atoms with Crippen molar-refractivity contribution >= 4 is 10.3 Å². The number of fused-ring (bicyclic) bond motifs is 1. The average Bonchev–Trinajstić information content (AvgIpc) is 2.22. The smallest absolute Gasteiger partial charge is 0.306 e. The lowest BCUT2D eigenvalue weighted by molar-refractivity contribution is 0.0218. The first-order valence-electron chi connectivity index (χ1n) is 4.35. The molecule has 1 heterocycles. The average molecular weight is 206 g/mol. The maximum absolute atomic E-state index is 10.6. The Balaban J connectivity index is 1.93. The predicted molar refractivity (Wildman–Crippen MR) is 47.1 cm³/mol. The van der Waals surface area contributed by atoms with Gasteiger partial charge in [-0.15, -0.1) is 0 Å². The van der Waals surface area contributed by atoms with E-state index in [1.165, 1.54) is 0 Å². The highest BCUT2D eigenvalue weighted by Crippen LogP contribution is 2.42. The fourth-order valence-electron chi connectivity index (χ4n) is 2.35. The minimum Gasteiger partial charge on any atom is -0.306 e.